The molecule has 0 rings (SSSR count). The summed E-state index contributed by atoms with van der Waals surface area (Å²) in [6, 6.07) is -0.116. The molecular formula is C16H31NO6Si. The van der Waals surface area contributed by atoms with E-state index in [4.69, 9.17) is 9.47 Å². The van der Waals surface area contributed by atoms with Crippen molar-refractivity contribution in [3.05, 3.63) is 0 Å². The molecule has 140 valence electrons. The van der Waals surface area contributed by atoms with Crippen LogP contribution in [0.2, 0.25) is 25.7 Å². The Hall–Kier alpha value is -1.57. The Labute approximate surface area is 145 Å². The molecular weight excluding hydrogens is 330 g/mol. The molecule has 0 aliphatic carbocycles. The number of ether oxygens (including phenoxy) is 3. The monoisotopic (exact) mass is 361 g/mol. The second kappa shape index (κ2) is 9.66. The minimum absolute atomic E-state index is 0.0000847. The molecule has 0 aromatic carbocycles. The molecule has 0 aliphatic rings. The van der Waals surface area contributed by atoms with E-state index in [1.54, 1.807) is 20.8 Å². The fraction of sp³-hybridized carbons (Fsp3) is 0.812. The molecule has 0 spiro atoms. The lowest BCUT2D eigenvalue weighted by Crippen LogP contribution is -2.44. The molecule has 0 fully saturated rings. The smallest absolute Gasteiger partial charge is 0.408 e. The Balaban J connectivity index is 4.69. The molecule has 0 unspecified atom stereocenters. The Kier molecular flexibility index (Phi) is 9.02. The van der Waals surface area contributed by atoms with E-state index in [1.807, 2.05) is 0 Å². The van der Waals surface area contributed by atoms with E-state index in [-0.39, 0.29) is 12.8 Å². The first-order chi connectivity index (χ1) is 10.8. The molecule has 0 aromatic rings. The van der Waals surface area contributed by atoms with E-state index < -0.39 is 37.7 Å². The third-order valence-electron chi connectivity index (χ3n) is 2.94. The highest BCUT2D eigenvalue weighted by Crippen LogP contribution is 2.11. The first kappa shape index (κ1) is 22.4. The van der Waals surface area contributed by atoms with E-state index in [1.165, 1.54) is 7.11 Å². The van der Waals surface area contributed by atoms with Crippen molar-refractivity contribution < 1.29 is 28.6 Å². The van der Waals surface area contributed by atoms with Crippen LogP contribution >= 0.6 is 0 Å². The molecule has 0 saturated heterocycles. The van der Waals surface area contributed by atoms with E-state index in [9.17, 15) is 14.4 Å². The van der Waals surface area contributed by atoms with Crippen LogP contribution in [0.1, 0.15) is 33.6 Å². The average molecular weight is 362 g/mol. The van der Waals surface area contributed by atoms with Gasteiger partial charge in [0.1, 0.15) is 11.6 Å². The number of carbonyl (C=O) groups is 3. The van der Waals surface area contributed by atoms with Crippen molar-refractivity contribution in [2.75, 3.05) is 13.7 Å². The van der Waals surface area contributed by atoms with Crippen LogP contribution in [0.15, 0.2) is 0 Å². The fourth-order valence-corrected chi connectivity index (χ4v) is 2.34. The Morgan fingerprint density at radius 1 is 1.12 bits per heavy atom. The van der Waals surface area contributed by atoms with Crippen LogP contribution in [-0.4, -0.2) is 51.5 Å². The Morgan fingerprint density at radius 3 is 2.17 bits per heavy atom. The molecule has 24 heavy (non-hydrogen) atoms. The van der Waals surface area contributed by atoms with Crippen LogP contribution in [0.5, 0.6) is 0 Å². The molecule has 1 N–H and O–H groups in total. The van der Waals surface area contributed by atoms with Gasteiger partial charge in [0.2, 0.25) is 0 Å². The molecule has 0 radical (unpaired) electrons. The minimum atomic E-state index is -1.33. The first-order valence-electron chi connectivity index (χ1n) is 8.07. The largest absolute Gasteiger partial charge is 0.469 e. The van der Waals surface area contributed by atoms with Crippen LogP contribution in [0.25, 0.3) is 0 Å². The summed E-state index contributed by atoms with van der Waals surface area (Å²) < 4.78 is 15.0. The lowest BCUT2D eigenvalue weighted by atomic mass is 10.1. The summed E-state index contributed by atoms with van der Waals surface area (Å²) in [4.78, 5) is 35.4. The van der Waals surface area contributed by atoms with Crippen molar-refractivity contribution in [3.8, 4) is 0 Å². The Morgan fingerprint density at radius 2 is 1.71 bits per heavy atom. The molecule has 0 heterocycles. The number of hydrogen-bond acceptors (Lipinski definition) is 6. The van der Waals surface area contributed by atoms with Crippen molar-refractivity contribution in [3.63, 3.8) is 0 Å². The van der Waals surface area contributed by atoms with Gasteiger partial charge in [-0.1, -0.05) is 19.6 Å². The van der Waals surface area contributed by atoms with Gasteiger partial charge in [-0.05, 0) is 33.2 Å². The van der Waals surface area contributed by atoms with Gasteiger partial charge >= 0.3 is 18.0 Å². The van der Waals surface area contributed by atoms with Crippen molar-refractivity contribution in [2.24, 2.45) is 0 Å². The minimum Gasteiger partial charge on any atom is -0.469 e. The van der Waals surface area contributed by atoms with Crippen LogP contribution in [-0.2, 0) is 23.8 Å². The molecule has 1 amide bonds. The van der Waals surface area contributed by atoms with Gasteiger partial charge in [-0.15, -0.1) is 0 Å². The zero-order valence-corrected chi connectivity index (χ0v) is 16.9. The van der Waals surface area contributed by atoms with E-state index in [0.717, 1.165) is 6.04 Å². The predicted octanol–water partition coefficient (Wildman–Crippen LogP) is 2.71. The maximum atomic E-state index is 12.2. The number of alkyl carbamates (subject to hydrolysis) is 1. The number of carbonyl (C=O) groups excluding carboxylic acids is 3. The summed E-state index contributed by atoms with van der Waals surface area (Å²) in [6.07, 6.45) is -0.628. The highest BCUT2D eigenvalue weighted by Gasteiger charge is 2.26. The normalized spacial score (nSPS) is 13.0. The SMILES string of the molecule is COC(=O)CC[C@H](NC(=O)OC(C)(C)C)C(=O)OCC[Si](C)(C)C. The zero-order chi connectivity index (χ0) is 19.0. The predicted molar refractivity (Wildman–Crippen MR) is 93.5 cm³/mol. The maximum absolute atomic E-state index is 12.2. The number of methoxy groups -OCH3 is 1. The third kappa shape index (κ3) is 11.9. The number of hydrogen-bond donors (Lipinski definition) is 1. The quantitative estimate of drug-likeness (QED) is 0.406. The number of amides is 1. The summed E-state index contributed by atoms with van der Waals surface area (Å²) >= 11 is 0. The van der Waals surface area contributed by atoms with Gasteiger partial charge < -0.3 is 19.5 Å². The van der Waals surface area contributed by atoms with Crippen LogP contribution in [0.4, 0.5) is 4.79 Å². The topological polar surface area (TPSA) is 90.9 Å². The molecule has 8 heteroatoms. The standard InChI is InChI=1S/C16H31NO6Si/c1-16(2,3)23-15(20)17-12(8-9-13(18)21-4)14(19)22-10-11-24(5,6)7/h12H,8-11H2,1-7H3,(H,17,20)/t12-/m0/s1. The van der Waals surface area contributed by atoms with E-state index >= 15 is 0 Å². The molecule has 0 aliphatic heterocycles. The second-order valence-corrected chi connectivity index (χ2v) is 13.4. The number of nitrogens with one attached hydrogen (secondary N) is 1. The molecule has 0 saturated carbocycles. The van der Waals surface area contributed by atoms with Gasteiger partial charge in [0.25, 0.3) is 0 Å². The third-order valence-corrected chi connectivity index (χ3v) is 4.64. The van der Waals surface area contributed by atoms with E-state index in [2.05, 4.69) is 29.7 Å². The van der Waals surface area contributed by atoms with Gasteiger partial charge in [0.05, 0.1) is 13.7 Å². The summed E-state index contributed by atoms with van der Waals surface area (Å²) in [5.74, 6) is -1.02. The van der Waals surface area contributed by atoms with Crippen molar-refractivity contribution in [1.29, 1.82) is 0 Å². The lowest BCUT2D eigenvalue weighted by Gasteiger charge is -2.23. The number of esters is 2. The van der Waals surface area contributed by atoms with Gasteiger partial charge in [0.15, 0.2) is 0 Å². The Bertz CT molecular complexity index is 439. The van der Waals surface area contributed by atoms with Crippen molar-refractivity contribution >= 4 is 26.1 Å². The van der Waals surface area contributed by atoms with Crippen molar-refractivity contribution in [2.45, 2.75) is 70.9 Å². The zero-order valence-electron chi connectivity index (χ0n) is 15.9. The lowest BCUT2D eigenvalue weighted by molar-refractivity contribution is -0.146. The van der Waals surface area contributed by atoms with Crippen LogP contribution in [0.3, 0.4) is 0 Å². The maximum Gasteiger partial charge on any atom is 0.408 e. The fourth-order valence-electron chi connectivity index (χ4n) is 1.62. The highest BCUT2D eigenvalue weighted by molar-refractivity contribution is 6.76. The summed E-state index contributed by atoms with van der Waals surface area (Å²) in [7, 11) is -0.0594. The van der Waals surface area contributed by atoms with Crippen LogP contribution < -0.4 is 5.32 Å². The van der Waals surface area contributed by atoms with Crippen LogP contribution in [0, 0.1) is 0 Å². The second-order valence-electron chi connectivity index (χ2n) is 7.79. The summed E-state index contributed by atoms with van der Waals surface area (Å²) in [5, 5.41) is 2.47. The van der Waals surface area contributed by atoms with Gasteiger partial charge in [-0.25, -0.2) is 9.59 Å². The summed E-state index contributed by atoms with van der Waals surface area (Å²) in [5.41, 5.74) is -0.682. The van der Waals surface area contributed by atoms with E-state index in [0.29, 0.717) is 6.61 Å². The van der Waals surface area contributed by atoms with Gasteiger partial charge in [0, 0.05) is 14.5 Å². The van der Waals surface area contributed by atoms with Gasteiger partial charge in [-0.3, -0.25) is 4.79 Å². The highest BCUT2D eigenvalue weighted by atomic mass is 28.3. The molecule has 0 aromatic heterocycles. The molecule has 7 nitrogen and oxygen atoms in total. The van der Waals surface area contributed by atoms with Gasteiger partial charge in [-0.2, -0.15) is 0 Å². The number of rotatable bonds is 8. The first-order valence-corrected chi connectivity index (χ1v) is 11.8. The van der Waals surface area contributed by atoms with Crippen molar-refractivity contribution in [1.82, 2.24) is 5.32 Å². The average Bonchev–Trinajstić information content (AvgIpc) is 2.39. The molecule has 1 atom stereocenters. The summed E-state index contributed by atoms with van der Waals surface area (Å²) in [6.45, 7) is 12.0. The molecule has 0 bridgehead atoms.